The summed E-state index contributed by atoms with van der Waals surface area (Å²) in [5.74, 6) is -1.69. The highest BCUT2D eigenvalue weighted by Crippen LogP contribution is 2.25. The van der Waals surface area contributed by atoms with Crippen molar-refractivity contribution in [1.29, 1.82) is 0 Å². The van der Waals surface area contributed by atoms with Gasteiger partial charge in [0.1, 0.15) is 11.3 Å². The van der Waals surface area contributed by atoms with Gasteiger partial charge in [-0.1, -0.05) is 0 Å². The van der Waals surface area contributed by atoms with E-state index in [0.29, 0.717) is 18.7 Å². The third-order valence-corrected chi connectivity index (χ3v) is 3.68. The number of anilines is 1. The lowest BCUT2D eigenvalue weighted by Gasteiger charge is -2.17. The fourth-order valence-electron chi connectivity index (χ4n) is 2.40. The highest BCUT2D eigenvalue weighted by atomic mass is 16.5. The van der Waals surface area contributed by atoms with E-state index in [1.807, 2.05) is 0 Å². The number of ether oxygens (including phenoxy) is 2. The zero-order valence-electron chi connectivity index (χ0n) is 12.9. The summed E-state index contributed by atoms with van der Waals surface area (Å²) in [7, 11) is 2.68. The van der Waals surface area contributed by atoms with E-state index in [0.717, 1.165) is 0 Å². The lowest BCUT2D eigenvalue weighted by molar-refractivity contribution is -0.141. The summed E-state index contributed by atoms with van der Waals surface area (Å²) in [4.78, 5) is 36.1. The number of hydrogen-bond donors (Lipinski definition) is 2. The van der Waals surface area contributed by atoms with Crippen molar-refractivity contribution in [3.8, 4) is 5.75 Å². The molecule has 0 spiro atoms. The molecule has 2 rings (SSSR count). The quantitative estimate of drug-likeness (QED) is 0.812. The number of likely N-dealkylation sites (tertiary alicyclic amines) is 1. The van der Waals surface area contributed by atoms with E-state index >= 15 is 0 Å². The predicted octanol–water partition coefficient (Wildman–Crippen LogP) is 1.42. The van der Waals surface area contributed by atoms with Gasteiger partial charge in [-0.2, -0.15) is 0 Å². The molecule has 23 heavy (non-hydrogen) atoms. The van der Waals surface area contributed by atoms with E-state index in [4.69, 9.17) is 9.84 Å². The molecule has 1 saturated heterocycles. The second kappa shape index (κ2) is 6.99. The smallest absolute Gasteiger partial charge is 0.341 e. The molecule has 124 valence electrons. The maximum Gasteiger partial charge on any atom is 0.341 e. The van der Waals surface area contributed by atoms with Gasteiger partial charge in [-0.05, 0) is 18.6 Å². The van der Waals surface area contributed by atoms with Crippen molar-refractivity contribution in [2.75, 3.05) is 32.6 Å². The zero-order valence-corrected chi connectivity index (χ0v) is 12.9. The van der Waals surface area contributed by atoms with E-state index in [1.165, 1.54) is 31.3 Å². The van der Waals surface area contributed by atoms with E-state index in [1.54, 1.807) is 6.07 Å². The van der Waals surface area contributed by atoms with Crippen molar-refractivity contribution in [3.05, 3.63) is 23.8 Å². The summed E-state index contributed by atoms with van der Waals surface area (Å²) in [5, 5.41) is 11.6. The Morgan fingerprint density at radius 3 is 2.61 bits per heavy atom. The number of esters is 1. The maximum atomic E-state index is 12.1. The number of carboxylic acid groups (broad SMARTS) is 1. The number of hydrogen-bond acceptors (Lipinski definition) is 5. The number of amides is 2. The van der Waals surface area contributed by atoms with Crippen LogP contribution in [0.25, 0.3) is 0 Å². The molecule has 1 unspecified atom stereocenters. The standard InChI is InChI=1S/C15H18N2O6/c1-22-12-7-10(3-4-11(12)14(20)23-2)16-15(21)17-6-5-9(8-17)13(18)19/h3-4,7,9H,5-6,8H2,1-2H3,(H,16,21)(H,18,19). The molecule has 1 aliphatic heterocycles. The number of nitrogens with zero attached hydrogens (tertiary/aromatic N) is 1. The van der Waals surface area contributed by atoms with Crippen LogP contribution in [-0.2, 0) is 9.53 Å². The molecule has 8 heteroatoms. The van der Waals surface area contributed by atoms with Crippen LogP contribution < -0.4 is 10.1 Å². The number of nitrogens with one attached hydrogen (secondary N) is 1. The molecule has 1 heterocycles. The lowest BCUT2D eigenvalue weighted by atomic mass is 10.1. The molecule has 1 fully saturated rings. The highest BCUT2D eigenvalue weighted by Gasteiger charge is 2.30. The van der Waals surface area contributed by atoms with Gasteiger partial charge in [-0.25, -0.2) is 9.59 Å². The van der Waals surface area contributed by atoms with Gasteiger partial charge in [0.05, 0.1) is 20.1 Å². The number of carboxylic acids is 1. The van der Waals surface area contributed by atoms with E-state index in [2.05, 4.69) is 10.1 Å². The van der Waals surface area contributed by atoms with Gasteiger partial charge in [-0.15, -0.1) is 0 Å². The van der Waals surface area contributed by atoms with Gasteiger partial charge >= 0.3 is 18.0 Å². The topological polar surface area (TPSA) is 105 Å². The first-order valence-electron chi connectivity index (χ1n) is 7.01. The van der Waals surface area contributed by atoms with Crippen molar-refractivity contribution in [1.82, 2.24) is 4.90 Å². The molecule has 2 N–H and O–H groups in total. The van der Waals surface area contributed by atoms with Gasteiger partial charge < -0.3 is 24.8 Å². The summed E-state index contributed by atoms with van der Waals surface area (Å²) in [6.07, 6.45) is 0.438. The largest absolute Gasteiger partial charge is 0.496 e. The molecule has 0 aromatic heterocycles. The van der Waals surface area contributed by atoms with E-state index in [9.17, 15) is 14.4 Å². The summed E-state index contributed by atoms with van der Waals surface area (Å²) in [6, 6.07) is 4.16. The second-order valence-electron chi connectivity index (χ2n) is 5.11. The molecule has 0 aliphatic carbocycles. The molecule has 1 aromatic rings. The van der Waals surface area contributed by atoms with Crippen LogP contribution in [0.4, 0.5) is 10.5 Å². The van der Waals surface area contributed by atoms with E-state index in [-0.39, 0.29) is 23.9 Å². The Labute approximate surface area is 133 Å². The Balaban J connectivity index is 2.07. The van der Waals surface area contributed by atoms with Gasteiger partial charge in [0.2, 0.25) is 0 Å². The number of methoxy groups -OCH3 is 2. The van der Waals surface area contributed by atoms with Crippen molar-refractivity contribution < 1.29 is 29.0 Å². The number of urea groups is 1. The summed E-state index contributed by atoms with van der Waals surface area (Å²) in [6.45, 7) is 0.568. The predicted molar refractivity (Wildman–Crippen MR) is 80.7 cm³/mol. The Hall–Kier alpha value is -2.77. The molecule has 0 bridgehead atoms. The van der Waals surface area contributed by atoms with Crippen molar-refractivity contribution in [3.63, 3.8) is 0 Å². The Bertz CT molecular complexity index is 630. The van der Waals surface area contributed by atoms with Gasteiger partial charge in [0.15, 0.2) is 0 Å². The molecule has 2 amide bonds. The number of rotatable bonds is 4. The molecule has 0 radical (unpaired) electrons. The molecule has 1 atom stereocenters. The minimum Gasteiger partial charge on any atom is -0.496 e. The highest BCUT2D eigenvalue weighted by molar-refractivity contribution is 5.95. The Kier molecular flexibility index (Phi) is 5.05. The van der Waals surface area contributed by atoms with Crippen molar-refractivity contribution in [2.24, 2.45) is 5.92 Å². The normalized spacial score (nSPS) is 16.8. The zero-order chi connectivity index (χ0) is 17.0. The lowest BCUT2D eigenvalue weighted by Crippen LogP contribution is -2.33. The minimum atomic E-state index is -0.899. The summed E-state index contributed by atoms with van der Waals surface area (Å²) in [5.41, 5.74) is 0.693. The SMILES string of the molecule is COC(=O)c1ccc(NC(=O)N2CCC(C(=O)O)C2)cc1OC. The number of carbonyl (C=O) groups is 3. The Morgan fingerprint density at radius 1 is 1.30 bits per heavy atom. The molecular formula is C15H18N2O6. The van der Waals surface area contributed by atoms with Crippen LogP contribution in [0.5, 0.6) is 5.75 Å². The third-order valence-electron chi connectivity index (χ3n) is 3.68. The van der Waals surface area contributed by atoms with Crippen LogP contribution in [0, 0.1) is 5.92 Å². The molecular weight excluding hydrogens is 304 g/mol. The first kappa shape index (κ1) is 16.6. The number of benzene rings is 1. The number of carbonyl (C=O) groups excluding carboxylic acids is 2. The molecule has 1 aliphatic rings. The van der Waals surface area contributed by atoms with Crippen molar-refractivity contribution in [2.45, 2.75) is 6.42 Å². The van der Waals surface area contributed by atoms with Crippen molar-refractivity contribution >= 4 is 23.7 Å². The first-order chi connectivity index (χ1) is 11.0. The van der Waals surface area contributed by atoms with Gasteiger partial charge in [0.25, 0.3) is 0 Å². The average molecular weight is 322 g/mol. The van der Waals surface area contributed by atoms with Crippen LogP contribution in [0.15, 0.2) is 18.2 Å². The minimum absolute atomic E-state index is 0.179. The fraction of sp³-hybridized carbons (Fsp3) is 0.400. The third kappa shape index (κ3) is 3.71. The monoisotopic (exact) mass is 322 g/mol. The molecule has 1 aromatic carbocycles. The molecule has 8 nitrogen and oxygen atoms in total. The van der Waals surface area contributed by atoms with Crippen LogP contribution in [0.3, 0.4) is 0 Å². The van der Waals surface area contributed by atoms with Crippen LogP contribution in [0.2, 0.25) is 0 Å². The fourth-order valence-corrected chi connectivity index (χ4v) is 2.40. The maximum absolute atomic E-state index is 12.1. The summed E-state index contributed by atoms with van der Waals surface area (Å²) < 4.78 is 9.77. The van der Waals surface area contributed by atoms with Gasteiger partial charge in [0, 0.05) is 24.8 Å². The van der Waals surface area contributed by atoms with Gasteiger partial charge in [-0.3, -0.25) is 4.79 Å². The van der Waals surface area contributed by atoms with Crippen LogP contribution in [-0.4, -0.2) is 55.3 Å². The Morgan fingerprint density at radius 2 is 2.04 bits per heavy atom. The molecule has 0 saturated carbocycles. The first-order valence-corrected chi connectivity index (χ1v) is 7.01. The van der Waals surface area contributed by atoms with E-state index < -0.39 is 17.9 Å². The summed E-state index contributed by atoms with van der Waals surface area (Å²) >= 11 is 0. The number of aliphatic carboxylic acids is 1. The van der Waals surface area contributed by atoms with Crippen LogP contribution >= 0.6 is 0 Å². The van der Waals surface area contributed by atoms with Crippen LogP contribution in [0.1, 0.15) is 16.8 Å². The second-order valence-corrected chi connectivity index (χ2v) is 5.11. The average Bonchev–Trinajstić information content (AvgIpc) is 3.04.